The smallest absolute Gasteiger partial charge is 0.251 e. The standard InChI is InChI=1S/C17H18FNO3/c1-12(11-21-2)19-17(20)13-3-7-15(8-4-13)22-16-9-5-14(18)6-10-16/h3-10,12H,11H2,1-2H3,(H,19,20)/t12-/m0/s1. The lowest BCUT2D eigenvalue weighted by Crippen LogP contribution is -2.35. The van der Waals surface area contributed by atoms with Gasteiger partial charge in [0, 0.05) is 18.7 Å². The van der Waals surface area contributed by atoms with E-state index in [1.165, 1.54) is 12.1 Å². The second kappa shape index (κ2) is 7.56. The van der Waals surface area contributed by atoms with Crippen molar-refractivity contribution in [2.24, 2.45) is 0 Å². The average molecular weight is 303 g/mol. The predicted octanol–water partition coefficient (Wildman–Crippen LogP) is 3.38. The molecule has 2 aromatic carbocycles. The largest absolute Gasteiger partial charge is 0.457 e. The summed E-state index contributed by atoms with van der Waals surface area (Å²) in [4.78, 5) is 12.0. The van der Waals surface area contributed by atoms with E-state index in [2.05, 4.69) is 5.32 Å². The molecule has 22 heavy (non-hydrogen) atoms. The summed E-state index contributed by atoms with van der Waals surface area (Å²) < 4.78 is 23.4. The molecule has 0 fully saturated rings. The molecule has 1 amide bonds. The molecule has 0 aliphatic rings. The fourth-order valence-corrected chi connectivity index (χ4v) is 1.91. The highest BCUT2D eigenvalue weighted by Gasteiger charge is 2.09. The SMILES string of the molecule is COC[C@H](C)NC(=O)c1ccc(Oc2ccc(F)cc2)cc1. The third-order valence-electron chi connectivity index (χ3n) is 2.96. The second-order valence-corrected chi connectivity index (χ2v) is 4.91. The van der Waals surface area contributed by atoms with Crippen LogP contribution in [0.25, 0.3) is 0 Å². The van der Waals surface area contributed by atoms with Crippen LogP contribution in [-0.2, 0) is 4.74 Å². The van der Waals surface area contributed by atoms with Gasteiger partial charge in [0.05, 0.1) is 6.61 Å². The Morgan fingerprint density at radius 3 is 2.18 bits per heavy atom. The third-order valence-corrected chi connectivity index (χ3v) is 2.96. The first kappa shape index (κ1) is 16.0. The summed E-state index contributed by atoms with van der Waals surface area (Å²) in [7, 11) is 1.59. The normalized spacial score (nSPS) is 11.8. The summed E-state index contributed by atoms with van der Waals surface area (Å²) in [6.07, 6.45) is 0. The Balaban J connectivity index is 1.97. The van der Waals surface area contributed by atoms with E-state index >= 15 is 0 Å². The van der Waals surface area contributed by atoms with Crippen LogP contribution in [0.1, 0.15) is 17.3 Å². The number of nitrogens with one attached hydrogen (secondary N) is 1. The van der Waals surface area contributed by atoms with Crippen LogP contribution in [0.3, 0.4) is 0 Å². The Morgan fingerprint density at radius 2 is 1.64 bits per heavy atom. The summed E-state index contributed by atoms with van der Waals surface area (Å²) >= 11 is 0. The van der Waals surface area contributed by atoms with E-state index in [0.717, 1.165) is 0 Å². The predicted molar refractivity (Wildman–Crippen MR) is 81.7 cm³/mol. The van der Waals surface area contributed by atoms with Gasteiger partial charge in [-0.25, -0.2) is 4.39 Å². The quantitative estimate of drug-likeness (QED) is 0.890. The lowest BCUT2D eigenvalue weighted by atomic mass is 10.2. The molecule has 0 unspecified atom stereocenters. The molecule has 2 aromatic rings. The molecule has 4 nitrogen and oxygen atoms in total. The maximum Gasteiger partial charge on any atom is 0.251 e. The molecule has 5 heteroatoms. The highest BCUT2D eigenvalue weighted by atomic mass is 19.1. The zero-order chi connectivity index (χ0) is 15.9. The number of halogens is 1. The van der Waals surface area contributed by atoms with Crippen LogP contribution in [0.5, 0.6) is 11.5 Å². The highest BCUT2D eigenvalue weighted by Crippen LogP contribution is 2.21. The Kier molecular flexibility index (Phi) is 5.49. The van der Waals surface area contributed by atoms with Crippen LogP contribution >= 0.6 is 0 Å². The van der Waals surface area contributed by atoms with Crippen LogP contribution in [0.15, 0.2) is 48.5 Å². The fraction of sp³-hybridized carbons (Fsp3) is 0.235. The van der Waals surface area contributed by atoms with Crippen molar-refractivity contribution in [3.8, 4) is 11.5 Å². The molecule has 0 aromatic heterocycles. The topological polar surface area (TPSA) is 47.6 Å². The van der Waals surface area contributed by atoms with Crippen molar-refractivity contribution in [2.75, 3.05) is 13.7 Å². The van der Waals surface area contributed by atoms with Crippen LogP contribution < -0.4 is 10.1 Å². The van der Waals surface area contributed by atoms with Gasteiger partial charge >= 0.3 is 0 Å². The minimum atomic E-state index is -0.315. The summed E-state index contributed by atoms with van der Waals surface area (Å²) in [5.41, 5.74) is 0.536. The van der Waals surface area contributed by atoms with Crippen molar-refractivity contribution in [3.63, 3.8) is 0 Å². The van der Waals surface area contributed by atoms with E-state index in [0.29, 0.717) is 23.7 Å². The monoisotopic (exact) mass is 303 g/mol. The molecule has 0 bridgehead atoms. The number of hydrogen-bond donors (Lipinski definition) is 1. The number of methoxy groups -OCH3 is 1. The lowest BCUT2D eigenvalue weighted by Gasteiger charge is -2.13. The number of rotatable bonds is 6. The first-order valence-corrected chi connectivity index (χ1v) is 6.92. The Hall–Kier alpha value is -2.40. The van der Waals surface area contributed by atoms with Crippen molar-refractivity contribution < 1.29 is 18.7 Å². The van der Waals surface area contributed by atoms with E-state index in [1.54, 1.807) is 43.5 Å². The summed E-state index contributed by atoms with van der Waals surface area (Å²) in [5, 5.41) is 2.83. The molecular formula is C17H18FNO3. The van der Waals surface area contributed by atoms with Crippen LogP contribution in [0.2, 0.25) is 0 Å². The first-order valence-electron chi connectivity index (χ1n) is 6.92. The molecule has 0 aliphatic carbocycles. The van der Waals surface area contributed by atoms with E-state index < -0.39 is 0 Å². The average Bonchev–Trinajstić information content (AvgIpc) is 2.50. The molecule has 1 atom stereocenters. The zero-order valence-corrected chi connectivity index (χ0v) is 12.5. The van der Waals surface area contributed by atoms with E-state index in [4.69, 9.17) is 9.47 Å². The number of ether oxygens (including phenoxy) is 2. The van der Waals surface area contributed by atoms with Crippen molar-refractivity contribution in [3.05, 3.63) is 59.9 Å². The maximum atomic E-state index is 12.8. The van der Waals surface area contributed by atoms with E-state index in [-0.39, 0.29) is 17.8 Å². The zero-order valence-electron chi connectivity index (χ0n) is 12.5. The van der Waals surface area contributed by atoms with Gasteiger partial charge in [-0.2, -0.15) is 0 Å². The molecule has 116 valence electrons. The Bertz CT molecular complexity index is 611. The van der Waals surface area contributed by atoms with Gasteiger partial charge in [0.1, 0.15) is 17.3 Å². The molecule has 1 N–H and O–H groups in total. The van der Waals surface area contributed by atoms with Gasteiger partial charge in [-0.15, -0.1) is 0 Å². The van der Waals surface area contributed by atoms with Crippen LogP contribution in [0, 0.1) is 5.82 Å². The second-order valence-electron chi connectivity index (χ2n) is 4.91. The van der Waals surface area contributed by atoms with Gasteiger partial charge in [0.2, 0.25) is 0 Å². The van der Waals surface area contributed by atoms with Gasteiger partial charge in [-0.3, -0.25) is 4.79 Å². The molecule has 2 rings (SSSR count). The number of carbonyl (C=O) groups excluding carboxylic acids is 1. The summed E-state index contributed by atoms with van der Waals surface area (Å²) in [6, 6.07) is 12.4. The molecule has 0 saturated heterocycles. The van der Waals surface area contributed by atoms with Crippen LogP contribution in [-0.4, -0.2) is 25.7 Å². The summed E-state index contributed by atoms with van der Waals surface area (Å²) in [5.74, 6) is 0.628. The minimum Gasteiger partial charge on any atom is -0.457 e. The van der Waals surface area contributed by atoms with Gasteiger partial charge in [-0.05, 0) is 55.5 Å². The lowest BCUT2D eigenvalue weighted by molar-refractivity contribution is 0.0905. The maximum absolute atomic E-state index is 12.8. The number of carbonyl (C=O) groups is 1. The van der Waals surface area contributed by atoms with Crippen LogP contribution in [0.4, 0.5) is 4.39 Å². The molecule has 0 heterocycles. The third kappa shape index (κ3) is 4.56. The molecule has 0 saturated carbocycles. The van der Waals surface area contributed by atoms with Crippen molar-refractivity contribution in [2.45, 2.75) is 13.0 Å². The first-order chi connectivity index (χ1) is 10.6. The van der Waals surface area contributed by atoms with Crippen molar-refractivity contribution in [1.82, 2.24) is 5.32 Å². The van der Waals surface area contributed by atoms with Gasteiger partial charge < -0.3 is 14.8 Å². The minimum absolute atomic E-state index is 0.0624. The Labute approximate surface area is 128 Å². The molecular weight excluding hydrogens is 285 g/mol. The van der Waals surface area contributed by atoms with E-state index in [9.17, 15) is 9.18 Å². The number of amides is 1. The molecule has 0 radical (unpaired) electrons. The van der Waals surface area contributed by atoms with Gasteiger partial charge in [0.15, 0.2) is 0 Å². The molecule has 0 aliphatic heterocycles. The van der Waals surface area contributed by atoms with Crippen molar-refractivity contribution in [1.29, 1.82) is 0 Å². The fourth-order valence-electron chi connectivity index (χ4n) is 1.91. The van der Waals surface area contributed by atoms with E-state index in [1.807, 2.05) is 6.92 Å². The summed E-state index contributed by atoms with van der Waals surface area (Å²) in [6.45, 7) is 2.32. The van der Waals surface area contributed by atoms with Gasteiger partial charge in [-0.1, -0.05) is 0 Å². The van der Waals surface area contributed by atoms with Crippen molar-refractivity contribution >= 4 is 5.91 Å². The Morgan fingerprint density at radius 1 is 1.09 bits per heavy atom. The number of hydrogen-bond acceptors (Lipinski definition) is 3. The highest BCUT2D eigenvalue weighted by molar-refractivity contribution is 5.94. The number of benzene rings is 2. The molecule has 0 spiro atoms. The van der Waals surface area contributed by atoms with Gasteiger partial charge in [0.25, 0.3) is 5.91 Å².